The number of carbonyl (C=O) groups is 1. The maximum Gasteiger partial charge on any atom is 0.241 e. The van der Waals surface area contributed by atoms with Crippen LogP contribution in [0.4, 0.5) is 0 Å². The molecule has 0 radical (unpaired) electrons. The number of thiazole rings is 1. The Hall–Kier alpha value is -5.18. The first kappa shape index (κ1) is 42.5. The van der Waals surface area contributed by atoms with E-state index >= 15 is 0 Å². The van der Waals surface area contributed by atoms with Crippen molar-refractivity contribution in [3.8, 4) is 11.1 Å². The zero-order valence-corrected chi connectivity index (χ0v) is 36.3. The van der Waals surface area contributed by atoms with E-state index in [2.05, 4.69) is 23.0 Å². The molecule has 12 heteroatoms. The third kappa shape index (κ3) is 10.5. The number of nitrogens with one attached hydrogen (secondary N) is 2. The summed E-state index contributed by atoms with van der Waals surface area (Å²) in [5.74, 6) is 0.331. The molecule has 8 rings (SSSR count). The van der Waals surface area contributed by atoms with E-state index in [4.69, 9.17) is 14.5 Å². The number of hydrogen-bond acceptors (Lipinski definition) is 9. The second-order valence-electron chi connectivity index (χ2n) is 15.3. The second-order valence-corrected chi connectivity index (χ2v) is 19.3. The summed E-state index contributed by atoms with van der Waals surface area (Å²) < 4.78 is 45.0. The van der Waals surface area contributed by atoms with Crippen molar-refractivity contribution in [3.63, 3.8) is 0 Å². The van der Waals surface area contributed by atoms with Gasteiger partial charge in [-0.2, -0.15) is 4.72 Å². The average molecular weight is 870 g/mol. The number of sulfonamides is 1. The number of para-hydroxylation sites is 1. The lowest BCUT2D eigenvalue weighted by Crippen LogP contribution is -2.47. The van der Waals surface area contributed by atoms with Gasteiger partial charge in [0, 0.05) is 23.8 Å². The van der Waals surface area contributed by atoms with Crippen molar-refractivity contribution >= 4 is 49.2 Å². The predicted octanol–water partition coefficient (Wildman–Crippen LogP) is 9.55. The number of nitrogens with zero attached hydrogens (tertiary/aromatic N) is 1. The van der Waals surface area contributed by atoms with E-state index in [1.54, 1.807) is 47.4 Å². The van der Waals surface area contributed by atoms with E-state index in [1.807, 2.05) is 128 Å². The molecular formula is C49H47N3O6S3. The van der Waals surface area contributed by atoms with Gasteiger partial charge in [0.15, 0.2) is 10.6 Å². The fourth-order valence-corrected chi connectivity index (χ4v) is 10.8. The molecule has 1 aromatic heterocycles. The number of ether oxygens (including phenoxy) is 2. The molecule has 2 heterocycles. The van der Waals surface area contributed by atoms with Crippen LogP contribution in [0.15, 0.2) is 161 Å². The van der Waals surface area contributed by atoms with Crippen LogP contribution in [0.3, 0.4) is 0 Å². The summed E-state index contributed by atoms with van der Waals surface area (Å²) in [6, 6.07) is 47.1. The number of rotatable bonds is 15. The molecule has 1 aliphatic heterocycles. The van der Waals surface area contributed by atoms with Gasteiger partial charge in [-0.3, -0.25) is 4.79 Å². The molecule has 3 N–H and O–H groups in total. The summed E-state index contributed by atoms with van der Waals surface area (Å²) in [6.07, 6.45) is -0.779. The highest BCUT2D eigenvalue weighted by Crippen LogP contribution is 2.44. The number of thioether (sulfide) groups is 1. The van der Waals surface area contributed by atoms with Crippen LogP contribution in [0.5, 0.6) is 0 Å². The van der Waals surface area contributed by atoms with Gasteiger partial charge in [-0.1, -0.05) is 146 Å². The summed E-state index contributed by atoms with van der Waals surface area (Å²) in [7, 11) is -3.96. The van der Waals surface area contributed by atoms with E-state index in [9.17, 15) is 18.3 Å². The smallest absolute Gasteiger partial charge is 0.241 e. The molecule has 0 unspecified atom stereocenters. The maximum absolute atomic E-state index is 13.7. The lowest BCUT2D eigenvalue weighted by Gasteiger charge is -2.41. The quantitative estimate of drug-likeness (QED) is 0.0871. The summed E-state index contributed by atoms with van der Waals surface area (Å²) in [6.45, 7) is 4.24. The van der Waals surface area contributed by atoms with Crippen molar-refractivity contribution in [2.24, 2.45) is 5.92 Å². The zero-order valence-electron chi connectivity index (χ0n) is 33.8. The first-order valence-electron chi connectivity index (χ1n) is 20.2. The first-order valence-corrected chi connectivity index (χ1v) is 23.5. The highest BCUT2D eigenvalue weighted by Gasteiger charge is 2.38. The topological polar surface area (TPSA) is 127 Å². The highest BCUT2D eigenvalue weighted by atomic mass is 32.2. The fraction of sp³-hybridized carbons (Fsp3) is 0.224. The lowest BCUT2D eigenvalue weighted by atomic mass is 9.91. The minimum absolute atomic E-state index is 0.0213. The minimum atomic E-state index is -3.96. The van der Waals surface area contributed by atoms with Crippen LogP contribution in [-0.4, -0.2) is 42.3 Å². The van der Waals surface area contributed by atoms with Crippen molar-refractivity contribution in [3.05, 3.63) is 185 Å². The molecular weight excluding hydrogens is 823 g/mol. The van der Waals surface area contributed by atoms with Crippen molar-refractivity contribution in [2.45, 2.75) is 67.2 Å². The van der Waals surface area contributed by atoms with Gasteiger partial charge in [-0.25, -0.2) is 13.4 Å². The van der Waals surface area contributed by atoms with E-state index in [-0.39, 0.29) is 42.6 Å². The van der Waals surface area contributed by atoms with Crippen LogP contribution in [-0.2, 0) is 43.9 Å². The number of benzene rings is 6. The van der Waals surface area contributed by atoms with Crippen LogP contribution in [0.25, 0.3) is 21.3 Å². The molecule has 0 saturated carbocycles. The number of aromatic nitrogens is 1. The molecule has 312 valence electrons. The number of amides is 1. The third-order valence-corrected chi connectivity index (χ3v) is 14.7. The molecule has 1 amide bonds. The molecule has 7 aromatic rings. The van der Waals surface area contributed by atoms with Crippen molar-refractivity contribution in [1.82, 2.24) is 15.0 Å². The third-order valence-electron chi connectivity index (χ3n) is 10.9. The van der Waals surface area contributed by atoms with Gasteiger partial charge >= 0.3 is 0 Å². The molecule has 1 fully saturated rings. The molecule has 0 aliphatic carbocycles. The predicted molar refractivity (Wildman–Crippen MR) is 242 cm³/mol. The monoisotopic (exact) mass is 869 g/mol. The van der Waals surface area contributed by atoms with Crippen LogP contribution in [0.1, 0.15) is 52.7 Å². The number of fused-ring (bicyclic) bond motifs is 1. The standard InChI is InChI=1S/C49H47N3O6S3/c1-32-15-25-41(26-16-32)61(55,56)52-43(28-34-9-4-3-5-10-34)47(54)50-29-36-11-8-12-40(27-36)37-21-23-39(24-22-37)48-57-44(31-59-49-51-42-13-6-7-14-45(42)60-49)33(2)46(58-48)38-19-17-35(30-53)18-20-38/h3-27,33,43-44,46,48,52-53H,28-31H2,1-2H3,(H,50,54)/t33-,43+,44+,46+,48+/m0/s1. The molecule has 6 aromatic carbocycles. The van der Waals surface area contributed by atoms with Gasteiger partial charge in [-0.15, -0.1) is 11.3 Å². The van der Waals surface area contributed by atoms with Crippen LogP contribution < -0.4 is 10.0 Å². The van der Waals surface area contributed by atoms with Crippen molar-refractivity contribution in [2.75, 3.05) is 5.75 Å². The number of aliphatic hydroxyl groups is 1. The molecule has 1 saturated heterocycles. The van der Waals surface area contributed by atoms with Gasteiger partial charge in [0.05, 0.1) is 33.9 Å². The van der Waals surface area contributed by atoms with E-state index in [0.29, 0.717) is 5.75 Å². The Labute approximate surface area is 365 Å². The van der Waals surface area contributed by atoms with Crippen LogP contribution in [0.2, 0.25) is 0 Å². The zero-order chi connectivity index (χ0) is 42.3. The Morgan fingerprint density at radius 1 is 0.787 bits per heavy atom. The Balaban J connectivity index is 0.961. The molecule has 0 bridgehead atoms. The number of hydrogen-bond donors (Lipinski definition) is 3. The number of aryl methyl sites for hydroxylation is 1. The summed E-state index contributed by atoms with van der Waals surface area (Å²) in [4.78, 5) is 18.6. The molecule has 61 heavy (non-hydrogen) atoms. The SMILES string of the molecule is Cc1ccc(S(=O)(=O)N[C@H](Cc2ccccc2)C(=O)NCc2cccc(-c3ccc([C@@H]4O[C@H](CSc5nc6ccccc6s5)[C@H](C)[C@H](c5ccc(CO)cc5)O4)cc3)c2)cc1. The largest absolute Gasteiger partial charge is 0.392 e. The molecule has 0 spiro atoms. The van der Waals surface area contributed by atoms with Gasteiger partial charge in [0.1, 0.15) is 6.04 Å². The second kappa shape index (κ2) is 19.3. The Morgan fingerprint density at radius 3 is 2.23 bits per heavy atom. The van der Waals surface area contributed by atoms with Crippen LogP contribution >= 0.6 is 23.1 Å². The lowest BCUT2D eigenvalue weighted by molar-refractivity contribution is -0.268. The Morgan fingerprint density at radius 2 is 1.49 bits per heavy atom. The molecule has 5 atom stereocenters. The summed E-state index contributed by atoms with van der Waals surface area (Å²) in [5, 5.41) is 12.6. The van der Waals surface area contributed by atoms with Gasteiger partial charge < -0.3 is 19.9 Å². The Bertz CT molecular complexity index is 2640. The van der Waals surface area contributed by atoms with E-state index in [0.717, 1.165) is 59.1 Å². The number of carbonyl (C=O) groups excluding carboxylic acids is 1. The highest BCUT2D eigenvalue weighted by molar-refractivity contribution is 8.01. The van der Waals surface area contributed by atoms with Crippen LogP contribution in [0, 0.1) is 12.8 Å². The van der Waals surface area contributed by atoms with E-state index in [1.165, 1.54) is 0 Å². The van der Waals surface area contributed by atoms with Gasteiger partial charge in [0.25, 0.3) is 0 Å². The average Bonchev–Trinajstić information content (AvgIpc) is 3.71. The summed E-state index contributed by atoms with van der Waals surface area (Å²) >= 11 is 3.39. The van der Waals surface area contributed by atoms with Crippen molar-refractivity contribution < 1.29 is 27.8 Å². The molecule has 9 nitrogen and oxygen atoms in total. The van der Waals surface area contributed by atoms with Crippen molar-refractivity contribution in [1.29, 1.82) is 0 Å². The normalized spacial score (nSPS) is 18.5. The maximum atomic E-state index is 13.7. The van der Waals surface area contributed by atoms with Gasteiger partial charge in [0.2, 0.25) is 15.9 Å². The van der Waals surface area contributed by atoms with Gasteiger partial charge in [-0.05, 0) is 77.1 Å². The first-order chi connectivity index (χ1) is 29.6. The molecule has 1 aliphatic rings. The summed E-state index contributed by atoms with van der Waals surface area (Å²) in [5.41, 5.74) is 8.35. The Kier molecular flexibility index (Phi) is 13.4. The minimum Gasteiger partial charge on any atom is -0.392 e. The van der Waals surface area contributed by atoms with E-state index < -0.39 is 28.3 Å². The fourth-order valence-electron chi connectivity index (χ4n) is 7.39. The number of aliphatic hydroxyl groups excluding tert-OH is 1.